The summed E-state index contributed by atoms with van der Waals surface area (Å²) in [7, 11) is 1.69. The molecule has 0 aliphatic heterocycles. The number of methoxy groups -OCH3 is 1. The van der Waals surface area contributed by atoms with Crippen LogP contribution < -0.4 is 10.6 Å². The number of imidazole rings is 1. The zero-order chi connectivity index (χ0) is 13.0. The molecule has 0 aliphatic carbocycles. The number of fused-ring (bicyclic) bond motifs is 1. The predicted octanol–water partition coefficient (Wildman–Crippen LogP) is 1.61. The lowest BCUT2D eigenvalue weighted by atomic mass is 10.4. The fourth-order valence-corrected chi connectivity index (χ4v) is 1.64. The van der Waals surface area contributed by atoms with Crippen LogP contribution in [0.4, 0.5) is 11.6 Å². The fraction of sp³-hybridized carbons (Fsp3) is 0.500. The molecule has 6 heteroatoms. The number of ether oxygens (including phenoxy) is 1. The highest BCUT2D eigenvalue weighted by molar-refractivity contribution is 5.65. The van der Waals surface area contributed by atoms with E-state index in [0.29, 0.717) is 6.54 Å². The van der Waals surface area contributed by atoms with Crippen molar-refractivity contribution < 1.29 is 4.74 Å². The highest BCUT2D eigenvalue weighted by Gasteiger charge is 2.08. The van der Waals surface area contributed by atoms with E-state index in [-0.39, 0.29) is 6.10 Å². The topological polar surface area (TPSA) is 63.5 Å². The van der Waals surface area contributed by atoms with E-state index in [2.05, 4.69) is 20.6 Å². The van der Waals surface area contributed by atoms with Crippen molar-refractivity contribution in [3.63, 3.8) is 0 Å². The van der Waals surface area contributed by atoms with Crippen LogP contribution in [0, 0.1) is 0 Å². The van der Waals surface area contributed by atoms with Crippen LogP contribution in [0.25, 0.3) is 5.65 Å². The lowest BCUT2D eigenvalue weighted by molar-refractivity contribution is 0.128. The first-order chi connectivity index (χ1) is 8.74. The van der Waals surface area contributed by atoms with Crippen LogP contribution in [0.5, 0.6) is 0 Å². The average Bonchev–Trinajstić information content (AvgIpc) is 2.84. The Hall–Kier alpha value is -1.82. The molecule has 0 aliphatic rings. The summed E-state index contributed by atoms with van der Waals surface area (Å²) < 4.78 is 7.16. The van der Waals surface area contributed by atoms with E-state index in [9.17, 15) is 0 Å². The van der Waals surface area contributed by atoms with E-state index >= 15 is 0 Å². The monoisotopic (exact) mass is 249 g/mol. The Balaban J connectivity index is 2.25. The number of hydrogen-bond acceptors (Lipinski definition) is 5. The maximum absolute atomic E-state index is 5.21. The lowest BCUT2D eigenvalue weighted by Crippen LogP contribution is -2.19. The van der Waals surface area contributed by atoms with E-state index in [0.717, 1.165) is 23.8 Å². The molecule has 0 amide bonds. The van der Waals surface area contributed by atoms with Crippen LogP contribution in [0.1, 0.15) is 13.8 Å². The van der Waals surface area contributed by atoms with Crippen LogP contribution in [0.15, 0.2) is 18.6 Å². The molecule has 18 heavy (non-hydrogen) atoms. The van der Waals surface area contributed by atoms with E-state index in [1.165, 1.54) is 0 Å². The molecule has 1 unspecified atom stereocenters. The molecule has 1 atom stereocenters. The molecule has 0 bridgehead atoms. The van der Waals surface area contributed by atoms with Crippen LogP contribution in [0.3, 0.4) is 0 Å². The number of rotatable bonds is 6. The Morgan fingerprint density at radius 2 is 2.28 bits per heavy atom. The third kappa shape index (κ3) is 2.70. The van der Waals surface area contributed by atoms with Crippen LogP contribution in [-0.2, 0) is 4.74 Å². The average molecular weight is 249 g/mol. The Labute approximate surface area is 106 Å². The summed E-state index contributed by atoms with van der Waals surface area (Å²) >= 11 is 0. The van der Waals surface area contributed by atoms with Gasteiger partial charge in [0.2, 0.25) is 0 Å². The summed E-state index contributed by atoms with van der Waals surface area (Å²) in [5.41, 5.74) is 0.819. The van der Waals surface area contributed by atoms with Crippen molar-refractivity contribution in [2.24, 2.45) is 0 Å². The largest absolute Gasteiger partial charge is 0.380 e. The predicted molar refractivity (Wildman–Crippen MR) is 72.1 cm³/mol. The van der Waals surface area contributed by atoms with Crippen LogP contribution in [0.2, 0.25) is 0 Å². The van der Waals surface area contributed by atoms with Gasteiger partial charge in [-0.1, -0.05) is 0 Å². The highest BCUT2D eigenvalue weighted by atomic mass is 16.5. The molecular weight excluding hydrogens is 230 g/mol. The van der Waals surface area contributed by atoms with Gasteiger partial charge >= 0.3 is 0 Å². The van der Waals surface area contributed by atoms with Crippen LogP contribution >= 0.6 is 0 Å². The summed E-state index contributed by atoms with van der Waals surface area (Å²) in [6, 6.07) is 0. The normalized spacial score (nSPS) is 12.6. The zero-order valence-electron chi connectivity index (χ0n) is 11.0. The van der Waals surface area contributed by atoms with Crippen molar-refractivity contribution in [3.8, 4) is 0 Å². The minimum Gasteiger partial charge on any atom is -0.380 e. The molecular formula is C12H19N5O. The molecule has 2 N–H and O–H groups in total. The number of nitrogens with zero attached hydrogens (tertiary/aromatic N) is 3. The Bertz CT molecular complexity index is 510. The SMILES string of the molecule is CCNc1cn2ccnc2c(NCC(C)OC)n1. The molecule has 0 radical (unpaired) electrons. The van der Waals surface area contributed by atoms with Crippen molar-refractivity contribution in [3.05, 3.63) is 18.6 Å². The summed E-state index contributed by atoms with van der Waals surface area (Å²) in [5, 5.41) is 6.46. The second kappa shape index (κ2) is 5.68. The van der Waals surface area contributed by atoms with Crippen molar-refractivity contribution in [1.29, 1.82) is 0 Å². The first kappa shape index (κ1) is 12.6. The van der Waals surface area contributed by atoms with Gasteiger partial charge in [0.25, 0.3) is 0 Å². The molecule has 6 nitrogen and oxygen atoms in total. The van der Waals surface area contributed by atoms with Gasteiger partial charge in [0, 0.05) is 32.6 Å². The maximum atomic E-state index is 5.21. The second-order valence-corrected chi connectivity index (χ2v) is 4.09. The second-order valence-electron chi connectivity index (χ2n) is 4.09. The Morgan fingerprint density at radius 1 is 1.44 bits per heavy atom. The Kier molecular flexibility index (Phi) is 3.99. The van der Waals surface area contributed by atoms with Gasteiger partial charge in [-0.05, 0) is 13.8 Å². The quantitative estimate of drug-likeness (QED) is 0.814. The summed E-state index contributed by atoms with van der Waals surface area (Å²) in [5.74, 6) is 1.60. The summed E-state index contributed by atoms with van der Waals surface area (Å²) in [6.07, 6.45) is 5.72. The first-order valence-corrected chi connectivity index (χ1v) is 6.08. The number of aromatic nitrogens is 3. The number of hydrogen-bond donors (Lipinski definition) is 2. The van der Waals surface area contributed by atoms with E-state index in [4.69, 9.17) is 4.74 Å². The lowest BCUT2D eigenvalue weighted by Gasteiger charge is -2.13. The summed E-state index contributed by atoms with van der Waals surface area (Å²) in [4.78, 5) is 8.80. The molecule has 98 valence electrons. The van der Waals surface area contributed by atoms with Crippen molar-refractivity contribution in [2.75, 3.05) is 30.8 Å². The minimum atomic E-state index is 0.129. The molecule has 0 saturated carbocycles. The van der Waals surface area contributed by atoms with E-state index in [1.807, 2.05) is 30.6 Å². The molecule has 0 saturated heterocycles. The molecule has 0 aromatic carbocycles. The van der Waals surface area contributed by atoms with Crippen molar-refractivity contribution in [2.45, 2.75) is 20.0 Å². The van der Waals surface area contributed by atoms with E-state index < -0.39 is 0 Å². The fourth-order valence-electron chi connectivity index (χ4n) is 1.64. The zero-order valence-corrected chi connectivity index (χ0v) is 11.0. The van der Waals surface area contributed by atoms with E-state index in [1.54, 1.807) is 13.3 Å². The van der Waals surface area contributed by atoms with Gasteiger partial charge in [-0.25, -0.2) is 9.97 Å². The van der Waals surface area contributed by atoms with Gasteiger partial charge in [-0.2, -0.15) is 0 Å². The van der Waals surface area contributed by atoms with Crippen molar-refractivity contribution in [1.82, 2.24) is 14.4 Å². The number of anilines is 2. The standard InChI is InChI=1S/C12H19N5O/c1-4-13-10-8-17-6-5-14-12(17)11(16-10)15-7-9(2)18-3/h5-6,8-9,13H,4,7H2,1-3H3,(H,15,16). The third-order valence-electron chi connectivity index (χ3n) is 2.69. The van der Waals surface area contributed by atoms with Gasteiger partial charge in [-0.15, -0.1) is 0 Å². The summed E-state index contributed by atoms with van der Waals surface area (Å²) in [6.45, 7) is 5.58. The van der Waals surface area contributed by atoms with Gasteiger partial charge in [-0.3, -0.25) is 0 Å². The molecule has 0 fully saturated rings. The van der Waals surface area contributed by atoms with Gasteiger partial charge < -0.3 is 19.8 Å². The smallest absolute Gasteiger partial charge is 0.180 e. The molecule has 2 aromatic rings. The number of nitrogens with one attached hydrogen (secondary N) is 2. The molecule has 2 rings (SSSR count). The highest BCUT2D eigenvalue weighted by Crippen LogP contribution is 2.16. The third-order valence-corrected chi connectivity index (χ3v) is 2.69. The van der Waals surface area contributed by atoms with Gasteiger partial charge in [0.05, 0.1) is 12.3 Å². The van der Waals surface area contributed by atoms with Crippen molar-refractivity contribution >= 4 is 17.3 Å². The first-order valence-electron chi connectivity index (χ1n) is 6.08. The molecule has 0 spiro atoms. The van der Waals surface area contributed by atoms with Gasteiger partial charge in [0.15, 0.2) is 11.5 Å². The molecule has 2 aromatic heterocycles. The Morgan fingerprint density at radius 3 is 3.00 bits per heavy atom. The van der Waals surface area contributed by atoms with Crippen LogP contribution in [-0.4, -0.2) is 40.7 Å². The minimum absolute atomic E-state index is 0.129. The maximum Gasteiger partial charge on any atom is 0.180 e. The van der Waals surface area contributed by atoms with Gasteiger partial charge in [0.1, 0.15) is 5.82 Å². The molecule has 2 heterocycles.